The van der Waals surface area contributed by atoms with Gasteiger partial charge in [-0.3, -0.25) is 0 Å². The van der Waals surface area contributed by atoms with Crippen molar-refractivity contribution in [3.63, 3.8) is 0 Å². The molecule has 0 aliphatic rings. The van der Waals surface area contributed by atoms with E-state index in [0.29, 0.717) is 13.2 Å². The molecule has 2 amide bonds. The molecule has 0 unspecified atom stereocenters. The van der Waals surface area contributed by atoms with E-state index in [0.717, 1.165) is 0 Å². The van der Waals surface area contributed by atoms with Crippen LogP contribution >= 0.6 is 0 Å². The number of carbonyl (C=O) groups excluding carboxylic acids is 1. The number of methoxy groups -OCH3 is 1. The Labute approximate surface area is 80.2 Å². The van der Waals surface area contributed by atoms with Crippen molar-refractivity contribution in [2.24, 2.45) is 0 Å². The summed E-state index contributed by atoms with van der Waals surface area (Å²) >= 11 is 0. The Morgan fingerprint density at radius 3 is 2.46 bits per heavy atom. The van der Waals surface area contributed by atoms with Crippen molar-refractivity contribution in [3.8, 4) is 0 Å². The first-order chi connectivity index (χ1) is 5.93. The quantitative estimate of drug-likeness (QED) is 0.717. The number of ether oxygens (including phenoxy) is 1. The van der Waals surface area contributed by atoms with Gasteiger partial charge in [0.1, 0.15) is 0 Å². The van der Waals surface area contributed by atoms with Crippen LogP contribution in [0, 0.1) is 0 Å². The zero-order valence-electron chi connectivity index (χ0n) is 9.18. The van der Waals surface area contributed by atoms with E-state index in [1.165, 1.54) is 0 Å². The molecule has 0 heterocycles. The Morgan fingerprint density at radius 1 is 1.54 bits per heavy atom. The highest BCUT2D eigenvalue weighted by Crippen LogP contribution is 2.02. The summed E-state index contributed by atoms with van der Waals surface area (Å²) in [4.78, 5) is 13.0. The molecule has 0 spiro atoms. The van der Waals surface area contributed by atoms with E-state index in [9.17, 15) is 4.79 Å². The van der Waals surface area contributed by atoms with E-state index >= 15 is 0 Å². The first-order valence-electron chi connectivity index (χ1n) is 4.45. The van der Waals surface area contributed by atoms with Crippen LogP contribution in [0.4, 0.5) is 4.79 Å². The number of urea groups is 1. The number of nitrogens with one attached hydrogen (secondary N) is 1. The summed E-state index contributed by atoms with van der Waals surface area (Å²) in [5, 5.41) is 2.87. The molecule has 0 aromatic carbocycles. The van der Waals surface area contributed by atoms with E-state index in [1.807, 2.05) is 20.8 Å². The maximum Gasteiger partial charge on any atom is 0.317 e. The Kier molecular flexibility index (Phi) is 4.77. The molecule has 1 N–H and O–H groups in total. The first-order valence-corrected chi connectivity index (χ1v) is 4.45. The second-order valence-corrected chi connectivity index (χ2v) is 3.76. The number of hydrogen-bond donors (Lipinski definition) is 1. The zero-order chi connectivity index (χ0) is 10.5. The molecule has 0 aliphatic carbocycles. The van der Waals surface area contributed by atoms with Gasteiger partial charge in [-0.1, -0.05) is 0 Å². The topological polar surface area (TPSA) is 41.6 Å². The Morgan fingerprint density at radius 2 is 2.08 bits per heavy atom. The van der Waals surface area contributed by atoms with Gasteiger partial charge in [0, 0.05) is 20.7 Å². The fourth-order valence-corrected chi connectivity index (χ4v) is 0.925. The Balaban J connectivity index is 4.03. The van der Waals surface area contributed by atoms with Crippen LogP contribution in [0.5, 0.6) is 0 Å². The predicted octanol–water partition coefficient (Wildman–Crippen LogP) is 1.07. The van der Waals surface area contributed by atoms with Crippen molar-refractivity contribution in [3.05, 3.63) is 0 Å². The molecule has 0 saturated heterocycles. The van der Waals surface area contributed by atoms with Crippen LogP contribution in [0.15, 0.2) is 0 Å². The molecule has 0 radical (unpaired) electrons. The molecular weight excluding hydrogens is 168 g/mol. The molecular formula is C9H20N2O2. The number of amides is 2. The Bertz CT molecular complexity index is 169. The summed E-state index contributed by atoms with van der Waals surface area (Å²) in [5.74, 6) is 0. The molecule has 0 bridgehead atoms. The molecule has 0 aliphatic heterocycles. The summed E-state index contributed by atoms with van der Waals surface area (Å²) in [6, 6.07) is -0.0652. The molecule has 4 heteroatoms. The van der Waals surface area contributed by atoms with E-state index in [2.05, 4.69) is 5.32 Å². The van der Waals surface area contributed by atoms with Crippen LogP contribution in [0.2, 0.25) is 0 Å². The Hall–Kier alpha value is -0.770. The van der Waals surface area contributed by atoms with Crippen LogP contribution in [-0.4, -0.2) is 43.8 Å². The van der Waals surface area contributed by atoms with Gasteiger partial charge < -0.3 is 15.0 Å². The smallest absolute Gasteiger partial charge is 0.317 e. The van der Waals surface area contributed by atoms with Gasteiger partial charge in [0.05, 0.1) is 12.1 Å². The van der Waals surface area contributed by atoms with Gasteiger partial charge in [0.2, 0.25) is 0 Å². The predicted molar refractivity (Wildman–Crippen MR) is 52.8 cm³/mol. The standard InChI is InChI=1S/C9H20N2O2/c1-6-11(4)8(12)10-9(2,3)7-13-5/h6-7H2,1-5H3,(H,10,12). The third kappa shape index (κ3) is 4.72. The minimum Gasteiger partial charge on any atom is -0.382 e. The summed E-state index contributed by atoms with van der Waals surface area (Å²) < 4.78 is 4.99. The average molecular weight is 188 g/mol. The second-order valence-electron chi connectivity index (χ2n) is 3.76. The van der Waals surface area contributed by atoms with E-state index in [-0.39, 0.29) is 11.6 Å². The minimum absolute atomic E-state index is 0.0652. The fraction of sp³-hybridized carbons (Fsp3) is 0.889. The van der Waals surface area contributed by atoms with Crippen molar-refractivity contribution in [1.29, 1.82) is 0 Å². The fourth-order valence-electron chi connectivity index (χ4n) is 0.925. The summed E-state index contributed by atoms with van der Waals surface area (Å²) in [5.41, 5.74) is -0.310. The maximum atomic E-state index is 11.4. The lowest BCUT2D eigenvalue weighted by Crippen LogP contribution is -2.51. The maximum absolute atomic E-state index is 11.4. The van der Waals surface area contributed by atoms with Crippen molar-refractivity contribution < 1.29 is 9.53 Å². The molecule has 13 heavy (non-hydrogen) atoms. The van der Waals surface area contributed by atoms with Crippen molar-refractivity contribution in [1.82, 2.24) is 10.2 Å². The minimum atomic E-state index is -0.310. The SMILES string of the molecule is CCN(C)C(=O)NC(C)(C)COC. The highest BCUT2D eigenvalue weighted by molar-refractivity contribution is 5.74. The highest BCUT2D eigenvalue weighted by atomic mass is 16.5. The van der Waals surface area contributed by atoms with Crippen LogP contribution in [0.1, 0.15) is 20.8 Å². The summed E-state index contributed by atoms with van der Waals surface area (Å²) in [6.45, 7) is 7.00. The molecule has 4 nitrogen and oxygen atoms in total. The van der Waals surface area contributed by atoms with Gasteiger partial charge in [-0.2, -0.15) is 0 Å². The van der Waals surface area contributed by atoms with Crippen LogP contribution in [0.3, 0.4) is 0 Å². The van der Waals surface area contributed by atoms with Crippen LogP contribution in [-0.2, 0) is 4.74 Å². The van der Waals surface area contributed by atoms with Crippen molar-refractivity contribution >= 4 is 6.03 Å². The normalized spacial score (nSPS) is 11.2. The monoisotopic (exact) mass is 188 g/mol. The average Bonchev–Trinajstić information content (AvgIpc) is 2.01. The van der Waals surface area contributed by atoms with Crippen molar-refractivity contribution in [2.75, 3.05) is 27.3 Å². The number of carbonyl (C=O) groups is 1. The van der Waals surface area contributed by atoms with Gasteiger partial charge in [-0.15, -0.1) is 0 Å². The van der Waals surface area contributed by atoms with E-state index < -0.39 is 0 Å². The highest BCUT2D eigenvalue weighted by Gasteiger charge is 2.21. The lowest BCUT2D eigenvalue weighted by atomic mass is 10.1. The molecule has 0 rings (SSSR count). The molecule has 0 atom stereocenters. The summed E-state index contributed by atoms with van der Waals surface area (Å²) in [7, 11) is 3.38. The van der Waals surface area contributed by atoms with E-state index in [1.54, 1.807) is 19.1 Å². The molecule has 78 valence electrons. The number of rotatable bonds is 4. The number of hydrogen-bond acceptors (Lipinski definition) is 2. The molecule has 0 aromatic rings. The third-order valence-corrected chi connectivity index (χ3v) is 1.77. The molecule has 0 saturated carbocycles. The molecule has 0 aromatic heterocycles. The lowest BCUT2D eigenvalue weighted by Gasteiger charge is -2.28. The lowest BCUT2D eigenvalue weighted by molar-refractivity contribution is 0.125. The van der Waals surface area contributed by atoms with Gasteiger partial charge in [0.25, 0.3) is 0 Å². The van der Waals surface area contributed by atoms with Crippen molar-refractivity contribution in [2.45, 2.75) is 26.3 Å². The largest absolute Gasteiger partial charge is 0.382 e. The van der Waals surface area contributed by atoms with Crippen LogP contribution < -0.4 is 5.32 Å². The zero-order valence-corrected chi connectivity index (χ0v) is 9.18. The van der Waals surface area contributed by atoms with E-state index in [4.69, 9.17) is 4.74 Å². The summed E-state index contributed by atoms with van der Waals surface area (Å²) in [6.07, 6.45) is 0. The van der Waals surface area contributed by atoms with Gasteiger partial charge >= 0.3 is 6.03 Å². The first kappa shape index (κ1) is 12.2. The van der Waals surface area contributed by atoms with Gasteiger partial charge in [-0.25, -0.2) is 4.79 Å². The second kappa shape index (κ2) is 5.07. The molecule has 0 fully saturated rings. The third-order valence-electron chi connectivity index (χ3n) is 1.77. The van der Waals surface area contributed by atoms with Gasteiger partial charge in [-0.05, 0) is 20.8 Å². The number of nitrogens with zero attached hydrogens (tertiary/aromatic N) is 1. The van der Waals surface area contributed by atoms with Gasteiger partial charge in [0.15, 0.2) is 0 Å². The van der Waals surface area contributed by atoms with Crippen LogP contribution in [0.25, 0.3) is 0 Å².